The molecule has 1 N–H and O–H groups in total. The summed E-state index contributed by atoms with van der Waals surface area (Å²) >= 11 is 0. The molecule has 2 aromatic carbocycles. The molecule has 114 valence electrons. The maximum atomic E-state index is 13.0. The van der Waals surface area contributed by atoms with Crippen LogP contribution in [0.1, 0.15) is 25.0 Å². The number of carbonyl (C=O) groups is 1. The molecule has 0 aliphatic carbocycles. The van der Waals surface area contributed by atoms with Gasteiger partial charge in [0.05, 0.1) is 5.71 Å². The lowest BCUT2D eigenvalue weighted by molar-refractivity contribution is -0.114. The molecule has 0 saturated heterocycles. The summed E-state index contributed by atoms with van der Waals surface area (Å²) in [5, 5.41) is 6.71. The molecule has 0 radical (unpaired) electrons. The van der Waals surface area contributed by atoms with Crippen molar-refractivity contribution in [3.63, 3.8) is 0 Å². The van der Waals surface area contributed by atoms with E-state index in [-0.39, 0.29) is 18.3 Å². The molecular weight excluding hydrogens is 283 g/mol. The first kappa shape index (κ1) is 15.7. The monoisotopic (exact) mass is 300 g/mol. The van der Waals surface area contributed by atoms with Gasteiger partial charge < -0.3 is 10.2 Å². The van der Waals surface area contributed by atoms with E-state index in [1.165, 1.54) is 19.1 Å². The Morgan fingerprint density at radius 2 is 1.91 bits per heavy atom. The zero-order chi connectivity index (χ0) is 15.9. The molecule has 0 aliphatic rings. The van der Waals surface area contributed by atoms with Crippen LogP contribution < -0.4 is 5.32 Å². The van der Waals surface area contributed by atoms with Crippen molar-refractivity contribution in [3.8, 4) is 0 Å². The first-order valence-corrected chi connectivity index (χ1v) is 6.83. The van der Waals surface area contributed by atoms with Gasteiger partial charge in [-0.25, -0.2) is 4.39 Å². The molecule has 0 atom stereocenters. The van der Waals surface area contributed by atoms with E-state index in [4.69, 9.17) is 4.84 Å². The summed E-state index contributed by atoms with van der Waals surface area (Å²) in [4.78, 5) is 16.2. The Balaban J connectivity index is 1.95. The fourth-order valence-electron chi connectivity index (χ4n) is 1.88. The smallest absolute Gasteiger partial charge is 0.221 e. The van der Waals surface area contributed by atoms with E-state index >= 15 is 0 Å². The second-order valence-electron chi connectivity index (χ2n) is 4.84. The van der Waals surface area contributed by atoms with Crippen molar-refractivity contribution in [1.29, 1.82) is 0 Å². The zero-order valence-corrected chi connectivity index (χ0v) is 12.5. The van der Waals surface area contributed by atoms with E-state index in [1.54, 1.807) is 24.3 Å². The van der Waals surface area contributed by atoms with Gasteiger partial charge in [0, 0.05) is 12.6 Å². The number of nitrogens with one attached hydrogen (secondary N) is 1. The van der Waals surface area contributed by atoms with Crippen molar-refractivity contribution in [3.05, 3.63) is 65.5 Å². The van der Waals surface area contributed by atoms with Gasteiger partial charge >= 0.3 is 0 Å². The first-order valence-electron chi connectivity index (χ1n) is 6.83. The van der Waals surface area contributed by atoms with E-state index in [0.29, 0.717) is 5.71 Å². The largest absolute Gasteiger partial charge is 0.391 e. The molecule has 0 fully saturated rings. The fourth-order valence-corrected chi connectivity index (χ4v) is 1.88. The van der Waals surface area contributed by atoms with E-state index in [0.717, 1.165) is 16.8 Å². The van der Waals surface area contributed by atoms with E-state index < -0.39 is 0 Å². The van der Waals surface area contributed by atoms with Gasteiger partial charge in [-0.1, -0.05) is 29.4 Å². The summed E-state index contributed by atoms with van der Waals surface area (Å²) in [5.74, 6) is -0.410. The lowest BCUT2D eigenvalue weighted by Crippen LogP contribution is -2.06. The van der Waals surface area contributed by atoms with Gasteiger partial charge in [0.2, 0.25) is 5.91 Å². The quantitative estimate of drug-likeness (QED) is 0.676. The number of rotatable bonds is 5. The average Bonchev–Trinajstić information content (AvgIpc) is 2.47. The number of hydrogen-bond acceptors (Lipinski definition) is 3. The van der Waals surface area contributed by atoms with Crippen LogP contribution in [-0.2, 0) is 16.2 Å². The fraction of sp³-hybridized carbons (Fsp3) is 0.176. The van der Waals surface area contributed by atoms with Crippen molar-refractivity contribution in [2.75, 3.05) is 5.32 Å². The minimum absolute atomic E-state index is 0.114. The molecule has 22 heavy (non-hydrogen) atoms. The molecule has 1 amide bonds. The Morgan fingerprint density at radius 3 is 2.55 bits per heavy atom. The van der Waals surface area contributed by atoms with Crippen LogP contribution in [0.3, 0.4) is 0 Å². The lowest BCUT2D eigenvalue weighted by Gasteiger charge is -2.05. The van der Waals surface area contributed by atoms with Gasteiger partial charge in [-0.2, -0.15) is 0 Å². The highest BCUT2D eigenvalue weighted by atomic mass is 19.1. The van der Waals surface area contributed by atoms with Crippen LogP contribution in [0.15, 0.2) is 53.7 Å². The second-order valence-corrected chi connectivity index (χ2v) is 4.84. The standard InChI is InChI=1S/C17H17FN2O2/c1-12(15-6-8-17(9-7-15)19-13(2)21)20-22-11-14-4-3-5-16(18)10-14/h3-10H,11H2,1-2H3,(H,19,21). The van der Waals surface area contributed by atoms with Gasteiger partial charge in [-0.3, -0.25) is 4.79 Å². The lowest BCUT2D eigenvalue weighted by atomic mass is 10.1. The highest BCUT2D eigenvalue weighted by molar-refractivity contribution is 5.99. The van der Waals surface area contributed by atoms with Gasteiger partial charge in [0.1, 0.15) is 12.4 Å². The molecule has 0 bridgehead atoms. The van der Waals surface area contributed by atoms with Crippen molar-refractivity contribution in [1.82, 2.24) is 0 Å². The molecule has 2 rings (SSSR count). The Labute approximate surface area is 128 Å². The van der Waals surface area contributed by atoms with Crippen LogP contribution in [0.5, 0.6) is 0 Å². The van der Waals surface area contributed by atoms with Gasteiger partial charge in [-0.15, -0.1) is 0 Å². The molecule has 0 heterocycles. The summed E-state index contributed by atoms with van der Waals surface area (Å²) < 4.78 is 13.0. The first-order chi connectivity index (χ1) is 10.5. The number of nitrogens with zero attached hydrogens (tertiary/aromatic N) is 1. The third-order valence-electron chi connectivity index (χ3n) is 2.94. The summed E-state index contributed by atoms with van der Waals surface area (Å²) in [6, 6.07) is 13.5. The molecule has 2 aromatic rings. The maximum absolute atomic E-state index is 13.0. The van der Waals surface area contributed by atoms with Crippen LogP contribution in [0.4, 0.5) is 10.1 Å². The Kier molecular flexibility index (Phi) is 5.25. The van der Waals surface area contributed by atoms with Crippen LogP contribution in [0.2, 0.25) is 0 Å². The Bertz CT molecular complexity index is 681. The van der Waals surface area contributed by atoms with Gasteiger partial charge in [0.15, 0.2) is 0 Å². The average molecular weight is 300 g/mol. The second kappa shape index (κ2) is 7.36. The molecule has 0 unspecified atom stereocenters. The van der Waals surface area contributed by atoms with Crippen molar-refractivity contribution >= 4 is 17.3 Å². The number of halogens is 1. The normalized spacial score (nSPS) is 11.1. The van der Waals surface area contributed by atoms with Crippen molar-refractivity contribution in [2.24, 2.45) is 5.16 Å². The molecule has 4 nitrogen and oxygen atoms in total. The molecule has 0 saturated carbocycles. The summed E-state index contributed by atoms with van der Waals surface area (Å²) in [6.45, 7) is 3.49. The highest BCUT2D eigenvalue weighted by Crippen LogP contribution is 2.11. The van der Waals surface area contributed by atoms with Crippen LogP contribution in [-0.4, -0.2) is 11.6 Å². The van der Waals surface area contributed by atoms with Crippen molar-refractivity contribution in [2.45, 2.75) is 20.5 Å². The molecule has 0 aromatic heterocycles. The van der Waals surface area contributed by atoms with E-state index in [2.05, 4.69) is 10.5 Å². The molecule has 0 aliphatic heterocycles. The van der Waals surface area contributed by atoms with Crippen molar-refractivity contribution < 1.29 is 14.0 Å². The minimum Gasteiger partial charge on any atom is -0.391 e. The molecule has 5 heteroatoms. The summed E-state index contributed by atoms with van der Waals surface area (Å²) in [6.07, 6.45) is 0. The highest BCUT2D eigenvalue weighted by Gasteiger charge is 2.01. The minimum atomic E-state index is -0.296. The third kappa shape index (κ3) is 4.70. The van der Waals surface area contributed by atoms with Gasteiger partial charge in [-0.05, 0) is 42.3 Å². The number of amides is 1. The van der Waals surface area contributed by atoms with Gasteiger partial charge in [0.25, 0.3) is 0 Å². The zero-order valence-electron chi connectivity index (χ0n) is 12.5. The van der Waals surface area contributed by atoms with Crippen LogP contribution in [0.25, 0.3) is 0 Å². The Morgan fingerprint density at radius 1 is 1.18 bits per heavy atom. The summed E-state index contributed by atoms with van der Waals surface area (Å²) in [5.41, 5.74) is 3.03. The predicted molar refractivity (Wildman–Crippen MR) is 84.1 cm³/mol. The molecular formula is C17H17FN2O2. The predicted octanol–water partition coefficient (Wildman–Crippen LogP) is 3.72. The topological polar surface area (TPSA) is 50.7 Å². The Hall–Kier alpha value is -2.69. The van der Waals surface area contributed by atoms with Crippen LogP contribution in [0, 0.1) is 5.82 Å². The number of benzene rings is 2. The van der Waals surface area contributed by atoms with Crippen LogP contribution >= 0.6 is 0 Å². The molecule has 0 spiro atoms. The number of hydrogen-bond donors (Lipinski definition) is 1. The number of anilines is 1. The van der Waals surface area contributed by atoms with E-state index in [1.807, 2.05) is 19.1 Å². The number of carbonyl (C=O) groups excluding carboxylic acids is 1. The summed E-state index contributed by atoms with van der Waals surface area (Å²) in [7, 11) is 0. The number of oxime groups is 1. The maximum Gasteiger partial charge on any atom is 0.221 e. The van der Waals surface area contributed by atoms with E-state index in [9.17, 15) is 9.18 Å². The SMILES string of the molecule is CC(=O)Nc1ccc(C(C)=NOCc2cccc(F)c2)cc1. The third-order valence-corrected chi connectivity index (χ3v) is 2.94.